The Morgan fingerprint density at radius 2 is 2.07 bits per heavy atom. The molecule has 0 saturated heterocycles. The number of halogens is 1. The Bertz CT molecular complexity index is 956. The predicted octanol–water partition coefficient (Wildman–Crippen LogP) is 5.58. The average molecular weight is 419 g/mol. The molecule has 0 N–H and O–H groups in total. The van der Waals surface area contributed by atoms with E-state index in [4.69, 9.17) is 21.1 Å². The van der Waals surface area contributed by atoms with Crippen molar-refractivity contribution in [3.05, 3.63) is 52.0 Å². The second kappa shape index (κ2) is 8.80. The van der Waals surface area contributed by atoms with E-state index in [9.17, 15) is 4.79 Å². The molecule has 1 unspecified atom stereocenters. The molecule has 0 radical (unpaired) electrons. The van der Waals surface area contributed by atoms with Gasteiger partial charge in [0.2, 0.25) is 0 Å². The first-order valence-corrected chi connectivity index (χ1v) is 10.3. The van der Waals surface area contributed by atoms with Crippen LogP contribution in [-0.2, 0) is 0 Å². The first-order chi connectivity index (χ1) is 13.5. The van der Waals surface area contributed by atoms with Gasteiger partial charge in [0.15, 0.2) is 11.5 Å². The molecule has 148 valence electrons. The van der Waals surface area contributed by atoms with Crippen molar-refractivity contribution in [2.24, 2.45) is 0 Å². The standard InChI is InChI=1S/C21H23ClN2O3S/c1-5-10-27-19-15(22)11-14(12-17(19)26-4)21(25)24(3)13(2)20-23-16-8-6-7-9-18(16)28-20/h6-9,11-13H,5,10H2,1-4H3. The molecule has 0 spiro atoms. The van der Waals surface area contributed by atoms with Gasteiger partial charge in [0.25, 0.3) is 5.91 Å². The Hall–Kier alpha value is -2.31. The van der Waals surface area contributed by atoms with E-state index in [1.807, 2.05) is 38.1 Å². The van der Waals surface area contributed by atoms with Gasteiger partial charge in [-0.2, -0.15) is 0 Å². The molecule has 2 aromatic carbocycles. The Morgan fingerprint density at radius 3 is 2.75 bits per heavy atom. The Balaban J connectivity index is 1.86. The summed E-state index contributed by atoms with van der Waals surface area (Å²) in [4.78, 5) is 19.4. The van der Waals surface area contributed by atoms with Crippen LogP contribution < -0.4 is 9.47 Å². The van der Waals surface area contributed by atoms with Crippen molar-refractivity contribution in [3.8, 4) is 11.5 Å². The number of hydrogen-bond acceptors (Lipinski definition) is 5. The summed E-state index contributed by atoms with van der Waals surface area (Å²) in [6.07, 6.45) is 0.850. The minimum absolute atomic E-state index is 0.158. The van der Waals surface area contributed by atoms with Gasteiger partial charge in [0.05, 0.1) is 35.0 Å². The van der Waals surface area contributed by atoms with Crippen molar-refractivity contribution in [2.45, 2.75) is 26.3 Å². The normalized spacial score (nSPS) is 12.0. The van der Waals surface area contributed by atoms with Crippen molar-refractivity contribution in [1.82, 2.24) is 9.88 Å². The lowest BCUT2D eigenvalue weighted by atomic mass is 10.1. The van der Waals surface area contributed by atoms with E-state index in [0.29, 0.717) is 28.7 Å². The lowest BCUT2D eigenvalue weighted by molar-refractivity contribution is 0.0742. The van der Waals surface area contributed by atoms with Gasteiger partial charge in [0.1, 0.15) is 5.01 Å². The van der Waals surface area contributed by atoms with E-state index in [2.05, 4.69) is 4.98 Å². The molecular formula is C21H23ClN2O3S. The quantitative estimate of drug-likeness (QED) is 0.502. The highest BCUT2D eigenvalue weighted by Gasteiger charge is 2.24. The molecule has 28 heavy (non-hydrogen) atoms. The van der Waals surface area contributed by atoms with Gasteiger partial charge in [0, 0.05) is 12.6 Å². The maximum Gasteiger partial charge on any atom is 0.254 e. The van der Waals surface area contributed by atoms with Crippen molar-refractivity contribution >= 4 is 39.1 Å². The number of benzene rings is 2. The zero-order chi connectivity index (χ0) is 20.3. The fraction of sp³-hybridized carbons (Fsp3) is 0.333. The minimum atomic E-state index is -0.175. The zero-order valence-corrected chi connectivity index (χ0v) is 17.9. The number of amides is 1. The molecule has 0 fully saturated rings. The molecule has 0 saturated carbocycles. The fourth-order valence-corrected chi connectivity index (χ4v) is 4.13. The van der Waals surface area contributed by atoms with Crippen LogP contribution in [0.5, 0.6) is 11.5 Å². The van der Waals surface area contributed by atoms with E-state index >= 15 is 0 Å². The number of methoxy groups -OCH3 is 1. The SMILES string of the molecule is CCCOc1c(Cl)cc(C(=O)N(C)C(C)c2nc3ccccc3s2)cc1OC. The summed E-state index contributed by atoms with van der Waals surface area (Å²) in [7, 11) is 3.30. The van der Waals surface area contributed by atoms with E-state index < -0.39 is 0 Å². The summed E-state index contributed by atoms with van der Waals surface area (Å²) in [6, 6.07) is 11.1. The van der Waals surface area contributed by atoms with Crippen LogP contribution in [-0.4, -0.2) is 36.6 Å². The lowest BCUT2D eigenvalue weighted by Crippen LogP contribution is -2.29. The highest BCUT2D eigenvalue weighted by Crippen LogP contribution is 2.37. The molecule has 3 aromatic rings. The van der Waals surface area contributed by atoms with E-state index in [-0.39, 0.29) is 11.9 Å². The molecule has 1 atom stereocenters. The molecule has 1 amide bonds. The zero-order valence-electron chi connectivity index (χ0n) is 16.4. The van der Waals surface area contributed by atoms with Gasteiger partial charge in [-0.3, -0.25) is 4.79 Å². The largest absolute Gasteiger partial charge is 0.493 e. The summed E-state index contributed by atoms with van der Waals surface area (Å²) in [5, 5.41) is 1.25. The second-order valence-electron chi connectivity index (χ2n) is 6.45. The number of thiazole rings is 1. The van der Waals surface area contributed by atoms with Gasteiger partial charge in [-0.05, 0) is 37.6 Å². The van der Waals surface area contributed by atoms with Crippen LogP contribution in [0.3, 0.4) is 0 Å². The third-order valence-electron chi connectivity index (χ3n) is 4.50. The van der Waals surface area contributed by atoms with Gasteiger partial charge in [-0.15, -0.1) is 11.3 Å². The van der Waals surface area contributed by atoms with E-state index in [0.717, 1.165) is 21.6 Å². The summed E-state index contributed by atoms with van der Waals surface area (Å²) < 4.78 is 12.2. The summed E-state index contributed by atoms with van der Waals surface area (Å²) in [5.74, 6) is 0.753. The van der Waals surface area contributed by atoms with Crippen LogP contribution in [0, 0.1) is 0 Å². The highest BCUT2D eigenvalue weighted by molar-refractivity contribution is 7.18. The fourth-order valence-electron chi connectivity index (χ4n) is 2.80. The van der Waals surface area contributed by atoms with E-state index in [1.165, 1.54) is 7.11 Å². The number of rotatable bonds is 7. The van der Waals surface area contributed by atoms with Crippen molar-refractivity contribution in [2.75, 3.05) is 20.8 Å². The molecule has 0 aliphatic rings. The molecule has 7 heteroatoms. The van der Waals surface area contributed by atoms with Crippen LogP contribution in [0.15, 0.2) is 36.4 Å². The highest BCUT2D eigenvalue weighted by atomic mass is 35.5. The molecule has 3 rings (SSSR count). The molecule has 0 aliphatic carbocycles. The topological polar surface area (TPSA) is 51.7 Å². The van der Waals surface area contributed by atoms with Gasteiger partial charge in [-0.1, -0.05) is 30.7 Å². The Labute approximate surface area is 173 Å². The third-order valence-corrected chi connectivity index (χ3v) is 5.98. The van der Waals surface area contributed by atoms with Crippen molar-refractivity contribution in [3.63, 3.8) is 0 Å². The maximum absolute atomic E-state index is 13.1. The molecule has 1 heterocycles. The van der Waals surface area contributed by atoms with Crippen LogP contribution >= 0.6 is 22.9 Å². The van der Waals surface area contributed by atoms with Gasteiger partial charge < -0.3 is 14.4 Å². The molecule has 0 aliphatic heterocycles. The number of para-hydroxylation sites is 1. The van der Waals surface area contributed by atoms with Crippen LogP contribution in [0.4, 0.5) is 0 Å². The van der Waals surface area contributed by atoms with Crippen LogP contribution in [0.2, 0.25) is 5.02 Å². The third kappa shape index (κ3) is 4.08. The molecular weight excluding hydrogens is 396 g/mol. The summed E-state index contributed by atoms with van der Waals surface area (Å²) >= 11 is 7.95. The first kappa shape index (κ1) is 20.4. The van der Waals surface area contributed by atoms with E-state index in [1.54, 1.807) is 35.4 Å². The number of carbonyl (C=O) groups excluding carboxylic acids is 1. The number of hydrogen-bond donors (Lipinski definition) is 0. The van der Waals surface area contributed by atoms with Crippen molar-refractivity contribution < 1.29 is 14.3 Å². The predicted molar refractivity (Wildman–Crippen MR) is 114 cm³/mol. The second-order valence-corrected chi connectivity index (χ2v) is 7.92. The minimum Gasteiger partial charge on any atom is -0.493 e. The Kier molecular flexibility index (Phi) is 6.42. The molecule has 5 nitrogen and oxygen atoms in total. The summed E-state index contributed by atoms with van der Waals surface area (Å²) in [6.45, 7) is 4.50. The van der Waals surface area contributed by atoms with Crippen LogP contribution in [0.25, 0.3) is 10.2 Å². The lowest BCUT2D eigenvalue weighted by Gasteiger charge is -2.24. The number of carbonyl (C=O) groups is 1. The molecule has 0 bridgehead atoms. The Morgan fingerprint density at radius 1 is 1.32 bits per heavy atom. The van der Waals surface area contributed by atoms with Crippen LogP contribution in [0.1, 0.15) is 41.7 Å². The number of nitrogens with zero attached hydrogens (tertiary/aromatic N) is 2. The first-order valence-electron chi connectivity index (χ1n) is 9.09. The monoisotopic (exact) mass is 418 g/mol. The van der Waals surface area contributed by atoms with Gasteiger partial charge >= 0.3 is 0 Å². The number of fused-ring (bicyclic) bond motifs is 1. The summed E-state index contributed by atoms with van der Waals surface area (Å²) in [5.41, 5.74) is 1.39. The number of aromatic nitrogens is 1. The smallest absolute Gasteiger partial charge is 0.254 e. The number of ether oxygens (including phenoxy) is 2. The average Bonchev–Trinajstić information content (AvgIpc) is 3.14. The maximum atomic E-state index is 13.1. The molecule has 1 aromatic heterocycles. The van der Waals surface area contributed by atoms with Gasteiger partial charge in [-0.25, -0.2) is 4.98 Å². The van der Waals surface area contributed by atoms with Crippen molar-refractivity contribution in [1.29, 1.82) is 0 Å².